The Kier molecular flexibility index (Phi) is 5.00. The van der Waals surface area contributed by atoms with E-state index in [1.165, 1.54) is 0 Å². The third-order valence-corrected chi connectivity index (χ3v) is 4.54. The second-order valence-corrected chi connectivity index (χ2v) is 7.30. The Morgan fingerprint density at radius 3 is 1.57 bits per heavy atom. The molecule has 110 valence electrons. The molecule has 1 unspecified atom stereocenters. The second kappa shape index (κ2) is 6.57. The van der Waals surface area contributed by atoms with Gasteiger partial charge in [-0.25, -0.2) is 0 Å². The molecule has 0 aliphatic rings. The third kappa shape index (κ3) is 3.82. The molecular weight excluding hydrogens is 324 g/mol. The first kappa shape index (κ1) is 16.0. The van der Waals surface area contributed by atoms with E-state index in [9.17, 15) is 4.79 Å². The Morgan fingerprint density at radius 1 is 0.857 bits per heavy atom. The van der Waals surface area contributed by atoms with E-state index in [0.717, 1.165) is 11.1 Å². The number of carbonyl (C=O) groups excluding carboxylic acids is 1. The van der Waals surface area contributed by atoms with Crippen LogP contribution < -0.4 is 0 Å². The van der Waals surface area contributed by atoms with Crippen molar-refractivity contribution in [3.05, 3.63) is 71.8 Å². The lowest BCUT2D eigenvalue weighted by atomic mass is 9.80. The molecule has 0 aromatic heterocycles. The molecular formula is C19H21BrO. The molecule has 0 aliphatic heterocycles. The molecule has 21 heavy (non-hydrogen) atoms. The van der Waals surface area contributed by atoms with Crippen molar-refractivity contribution >= 4 is 21.7 Å². The van der Waals surface area contributed by atoms with E-state index in [2.05, 4.69) is 40.2 Å². The third-order valence-electron chi connectivity index (χ3n) is 3.60. The number of ketones is 1. The summed E-state index contributed by atoms with van der Waals surface area (Å²) in [5, 5.41) is 0. The normalized spacial score (nSPS) is 13.2. The fourth-order valence-electron chi connectivity index (χ4n) is 2.42. The average molecular weight is 345 g/mol. The van der Waals surface area contributed by atoms with Gasteiger partial charge in [0.1, 0.15) is 0 Å². The first-order valence-electron chi connectivity index (χ1n) is 7.19. The van der Waals surface area contributed by atoms with Crippen molar-refractivity contribution in [2.75, 3.05) is 0 Å². The molecule has 0 fully saturated rings. The number of halogens is 1. The standard InChI is InChI=1S/C19H21BrO/c1-19(2,3)18(21)17(20)16(14-10-6-4-7-11-14)15-12-8-5-9-13-15/h4-13,16-17H,1-3H3. The molecule has 0 radical (unpaired) electrons. The number of hydrogen-bond donors (Lipinski definition) is 0. The van der Waals surface area contributed by atoms with Crippen LogP contribution >= 0.6 is 15.9 Å². The van der Waals surface area contributed by atoms with Crippen LogP contribution in [0.1, 0.15) is 37.8 Å². The summed E-state index contributed by atoms with van der Waals surface area (Å²) >= 11 is 3.67. The van der Waals surface area contributed by atoms with Crippen molar-refractivity contribution in [3.8, 4) is 0 Å². The van der Waals surface area contributed by atoms with E-state index < -0.39 is 0 Å². The smallest absolute Gasteiger partial charge is 0.152 e. The highest BCUT2D eigenvalue weighted by Crippen LogP contribution is 2.36. The molecule has 0 saturated carbocycles. The molecule has 1 nitrogen and oxygen atoms in total. The van der Waals surface area contributed by atoms with Crippen LogP contribution in [0, 0.1) is 5.41 Å². The Balaban J connectivity index is 2.45. The predicted molar refractivity (Wildman–Crippen MR) is 91.9 cm³/mol. The molecule has 1 atom stereocenters. The predicted octanol–water partition coefficient (Wildman–Crippen LogP) is 5.20. The Labute approximate surface area is 135 Å². The number of hydrogen-bond acceptors (Lipinski definition) is 1. The van der Waals surface area contributed by atoms with E-state index >= 15 is 0 Å². The van der Waals surface area contributed by atoms with Crippen LogP contribution in [0.3, 0.4) is 0 Å². The van der Waals surface area contributed by atoms with Crippen LogP contribution in [0.4, 0.5) is 0 Å². The van der Waals surface area contributed by atoms with Crippen molar-refractivity contribution in [3.63, 3.8) is 0 Å². The van der Waals surface area contributed by atoms with Crippen molar-refractivity contribution < 1.29 is 4.79 Å². The van der Waals surface area contributed by atoms with Crippen LogP contribution in [0.15, 0.2) is 60.7 Å². The van der Waals surface area contributed by atoms with Crippen LogP contribution in [0.5, 0.6) is 0 Å². The minimum absolute atomic E-state index is 0.0270. The largest absolute Gasteiger partial charge is 0.298 e. The van der Waals surface area contributed by atoms with E-state index in [4.69, 9.17) is 0 Å². The zero-order chi connectivity index (χ0) is 15.5. The zero-order valence-corrected chi connectivity index (χ0v) is 14.3. The average Bonchev–Trinajstić information content (AvgIpc) is 2.48. The first-order chi connectivity index (χ1) is 9.91. The molecule has 0 heterocycles. The number of Topliss-reactive ketones (excluding diaryl/α,β-unsaturated/α-hetero) is 1. The van der Waals surface area contributed by atoms with Crippen LogP contribution in [-0.4, -0.2) is 10.6 Å². The van der Waals surface area contributed by atoms with Crippen LogP contribution in [0.25, 0.3) is 0 Å². The molecule has 0 amide bonds. The van der Waals surface area contributed by atoms with Gasteiger partial charge >= 0.3 is 0 Å². The fraction of sp³-hybridized carbons (Fsp3) is 0.316. The summed E-state index contributed by atoms with van der Waals surface area (Å²) in [6.07, 6.45) is 0. The van der Waals surface area contributed by atoms with E-state index in [1.54, 1.807) is 0 Å². The van der Waals surface area contributed by atoms with Gasteiger partial charge in [0.25, 0.3) is 0 Å². The highest BCUT2D eigenvalue weighted by molar-refractivity contribution is 9.10. The van der Waals surface area contributed by atoms with Gasteiger partial charge in [0.2, 0.25) is 0 Å². The highest BCUT2D eigenvalue weighted by Gasteiger charge is 2.34. The highest BCUT2D eigenvalue weighted by atomic mass is 79.9. The van der Waals surface area contributed by atoms with Gasteiger partial charge in [-0.05, 0) is 11.1 Å². The van der Waals surface area contributed by atoms with E-state index in [0.29, 0.717) is 0 Å². The minimum Gasteiger partial charge on any atom is -0.298 e. The summed E-state index contributed by atoms with van der Waals surface area (Å²) in [6.45, 7) is 5.91. The van der Waals surface area contributed by atoms with Gasteiger partial charge in [-0.3, -0.25) is 4.79 Å². The lowest BCUT2D eigenvalue weighted by Crippen LogP contribution is -2.33. The fourth-order valence-corrected chi connectivity index (χ4v) is 3.71. The summed E-state index contributed by atoms with van der Waals surface area (Å²) in [7, 11) is 0. The summed E-state index contributed by atoms with van der Waals surface area (Å²) in [5.74, 6) is 0.249. The molecule has 0 bridgehead atoms. The van der Waals surface area contributed by atoms with Gasteiger partial charge in [0.15, 0.2) is 5.78 Å². The first-order valence-corrected chi connectivity index (χ1v) is 8.11. The number of alkyl halides is 1. The molecule has 2 aromatic carbocycles. The lowest BCUT2D eigenvalue weighted by molar-refractivity contribution is -0.125. The van der Waals surface area contributed by atoms with Gasteiger partial charge in [-0.2, -0.15) is 0 Å². The van der Waals surface area contributed by atoms with Gasteiger partial charge in [-0.1, -0.05) is 97.4 Å². The van der Waals surface area contributed by atoms with Crippen LogP contribution in [0.2, 0.25) is 0 Å². The number of carbonyl (C=O) groups is 1. The Morgan fingerprint density at radius 2 is 1.24 bits per heavy atom. The van der Waals surface area contributed by atoms with Gasteiger partial charge in [-0.15, -0.1) is 0 Å². The molecule has 0 N–H and O–H groups in total. The van der Waals surface area contributed by atoms with Crippen molar-refractivity contribution in [2.24, 2.45) is 5.41 Å². The minimum atomic E-state index is -0.365. The summed E-state index contributed by atoms with van der Waals surface area (Å²) in [4.78, 5) is 12.5. The summed E-state index contributed by atoms with van der Waals surface area (Å²) < 4.78 is 0. The number of rotatable bonds is 4. The summed E-state index contributed by atoms with van der Waals surface area (Å²) in [6, 6.07) is 20.4. The maximum absolute atomic E-state index is 12.7. The maximum Gasteiger partial charge on any atom is 0.152 e. The van der Waals surface area contributed by atoms with E-state index in [1.807, 2.05) is 57.2 Å². The SMILES string of the molecule is CC(C)(C)C(=O)C(Br)C(c1ccccc1)c1ccccc1. The molecule has 0 spiro atoms. The zero-order valence-electron chi connectivity index (χ0n) is 12.7. The Hall–Kier alpha value is -1.41. The molecule has 0 aliphatic carbocycles. The topological polar surface area (TPSA) is 17.1 Å². The summed E-state index contributed by atoms with van der Waals surface area (Å²) in [5.41, 5.74) is 1.95. The lowest BCUT2D eigenvalue weighted by Gasteiger charge is -2.28. The van der Waals surface area contributed by atoms with Crippen molar-refractivity contribution in [2.45, 2.75) is 31.5 Å². The quantitative estimate of drug-likeness (QED) is 0.697. The van der Waals surface area contributed by atoms with E-state index in [-0.39, 0.29) is 21.9 Å². The van der Waals surface area contributed by atoms with Crippen LogP contribution in [-0.2, 0) is 4.79 Å². The maximum atomic E-state index is 12.7. The molecule has 2 aromatic rings. The van der Waals surface area contributed by atoms with Crippen molar-refractivity contribution in [1.82, 2.24) is 0 Å². The second-order valence-electron chi connectivity index (χ2n) is 6.32. The number of benzene rings is 2. The van der Waals surface area contributed by atoms with Gasteiger partial charge in [0, 0.05) is 11.3 Å². The Bertz CT molecular complexity index is 544. The van der Waals surface area contributed by atoms with Gasteiger partial charge in [0.05, 0.1) is 4.83 Å². The molecule has 2 heteroatoms. The van der Waals surface area contributed by atoms with Crippen molar-refractivity contribution in [1.29, 1.82) is 0 Å². The monoisotopic (exact) mass is 344 g/mol. The molecule has 0 saturated heterocycles. The molecule has 2 rings (SSSR count). The van der Waals surface area contributed by atoms with Gasteiger partial charge < -0.3 is 0 Å².